The average molecular weight is 364 g/mol. The van der Waals surface area contributed by atoms with Crippen LogP contribution in [0.5, 0.6) is 0 Å². The third-order valence-corrected chi connectivity index (χ3v) is 3.33. The molecular formula is C15H20N6O5. The molecule has 0 aliphatic rings. The summed E-state index contributed by atoms with van der Waals surface area (Å²) in [6.45, 7) is 2.84. The molecule has 0 atom stereocenters. The van der Waals surface area contributed by atoms with Crippen LogP contribution >= 0.6 is 0 Å². The molecule has 0 spiro atoms. The second-order valence-corrected chi connectivity index (χ2v) is 5.25. The zero-order valence-electron chi connectivity index (χ0n) is 14.4. The third-order valence-electron chi connectivity index (χ3n) is 3.33. The number of amides is 2. The minimum Gasteiger partial charge on any atom is -0.476 e. The number of carboxylic acids is 1. The van der Waals surface area contributed by atoms with Crippen molar-refractivity contribution in [1.29, 1.82) is 0 Å². The van der Waals surface area contributed by atoms with Crippen molar-refractivity contribution in [2.75, 3.05) is 25.6 Å². The van der Waals surface area contributed by atoms with Gasteiger partial charge in [0.05, 0.1) is 12.3 Å². The summed E-state index contributed by atoms with van der Waals surface area (Å²) < 4.78 is 7.59. The highest BCUT2D eigenvalue weighted by atomic mass is 16.5. The normalized spacial score (nSPS) is 10.5. The van der Waals surface area contributed by atoms with Gasteiger partial charge in [-0.05, 0) is 13.0 Å². The molecule has 2 amide bonds. The van der Waals surface area contributed by atoms with Gasteiger partial charge in [0.15, 0.2) is 11.4 Å². The van der Waals surface area contributed by atoms with Crippen molar-refractivity contribution >= 4 is 23.5 Å². The van der Waals surface area contributed by atoms with E-state index in [4.69, 9.17) is 9.84 Å². The van der Waals surface area contributed by atoms with Crippen LogP contribution in [0.3, 0.4) is 0 Å². The number of anilines is 1. The van der Waals surface area contributed by atoms with Crippen molar-refractivity contribution in [3.63, 3.8) is 0 Å². The van der Waals surface area contributed by atoms with Crippen molar-refractivity contribution in [3.8, 4) is 0 Å². The fourth-order valence-electron chi connectivity index (χ4n) is 2.09. The maximum absolute atomic E-state index is 12.2. The largest absolute Gasteiger partial charge is 0.476 e. The molecule has 0 aliphatic carbocycles. The predicted molar refractivity (Wildman–Crippen MR) is 89.9 cm³/mol. The van der Waals surface area contributed by atoms with E-state index in [1.807, 2.05) is 6.92 Å². The van der Waals surface area contributed by atoms with Crippen LogP contribution < -0.4 is 10.6 Å². The van der Waals surface area contributed by atoms with Crippen molar-refractivity contribution in [1.82, 2.24) is 24.9 Å². The van der Waals surface area contributed by atoms with Crippen molar-refractivity contribution in [2.45, 2.75) is 20.0 Å². The summed E-state index contributed by atoms with van der Waals surface area (Å²) in [6.07, 6.45) is 2.94. The lowest BCUT2D eigenvalue weighted by atomic mass is 10.3. The molecule has 11 heteroatoms. The molecule has 2 rings (SSSR count). The summed E-state index contributed by atoms with van der Waals surface area (Å²) in [5.41, 5.74) is 0.190. The number of nitrogens with one attached hydrogen (secondary N) is 2. The Labute approximate surface area is 148 Å². The Morgan fingerprint density at radius 2 is 2.04 bits per heavy atom. The first-order valence-corrected chi connectivity index (χ1v) is 7.85. The Morgan fingerprint density at radius 3 is 2.65 bits per heavy atom. The first-order chi connectivity index (χ1) is 12.4. The third kappa shape index (κ3) is 4.89. The average Bonchev–Trinajstić information content (AvgIpc) is 3.22. The molecule has 0 saturated carbocycles. The standard InChI is InChI=1S/C15H20N6O5/c1-3-20-8-11(13(19-20)14(23)16-5-7-26-2)17-12(22)9-21-6-4-10(18-21)15(24)25/h4,6,8H,3,5,7,9H2,1-2H3,(H,16,23)(H,17,22)(H,24,25). The quantitative estimate of drug-likeness (QED) is 0.524. The number of hydrogen-bond acceptors (Lipinski definition) is 6. The van der Waals surface area contributed by atoms with Crippen molar-refractivity contribution in [3.05, 3.63) is 29.8 Å². The minimum atomic E-state index is -1.18. The molecule has 3 N–H and O–H groups in total. The highest BCUT2D eigenvalue weighted by Gasteiger charge is 2.18. The smallest absolute Gasteiger partial charge is 0.356 e. The number of carbonyl (C=O) groups excluding carboxylic acids is 2. The number of carbonyl (C=O) groups is 3. The molecule has 0 unspecified atom stereocenters. The Kier molecular flexibility index (Phi) is 6.44. The lowest BCUT2D eigenvalue weighted by molar-refractivity contribution is -0.116. The van der Waals surface area contributed by atoms with Crippen LogP contribution in [0.15, 0.2) is 18.5 Å². The number of nitrogens with zero attached hydrogens (tertiary/aromatic N) is 4. The van der Waals surface area contributed by atoms with E-state index in [0.717, 1.165) is 0 Å². The van der Waals surface area contributed by atoms with Crippen LogP contribution in [0.1, 0.15) is 27.9 Å². The van der Waals surface area contributed by atoms with Gasteiger partial charge in [0.2, 0.25) is 5.91 Å². The molecule has 0 saturated heterocycles. The number of carboxylic acid groups (broad SMARTS) is 1. The molecular weight excluding hydrogens is 344 g/mol. The van der Waals surface area contributed by atoms with E-state index >= 15 is 0 Å². The number of rotatable bonds is 9. The van der Waals surface area contributed by atoms with Gasteiger partial charge in [-0.3, -0.25) is 19.0 Å². The van der Waals surface area contributed by atoms with Gasteiger partial charge in [-0.15, -0.1) is 0 Å². The SMILES string of the molecule is CCn1cc(NC(=O)Cn2ccc(C(=O)O)n2)c(C(=O)NCCOC)n1. The summed E-state index contributed by atoms with van der Waals surface area (Å²) in [5.74, 6) is -2.08. The maximum atomic E-state index is 12.2. The Morgan fingerprint density at radius 1 is 1.27 bits per heavy atom. The van der Waals surface area contributed by atoms with Gasteiger partial charge in [0, 0.05) is 32.6 Å². The van der Waals surface area contributed by atoms with Gasteiger partial charge in [0.1, 0.15) is 6.54 Å². The monoisotopic (exact) mass is 364 g/mol. The van der Waals surface area contributed by atoms with E-state index in [2.05, 4.69) is 20.8 Å². The van der Waals surface area contributed by atoms with Crippen molar-refractivity contribution in [2.24, 2.45) is 0 Å². The molecule has 2 aromatic heterocycles. The van der Waals surface area contributed by atoms with E-state index in [1.165, 1.54) is 28.7 Å². The first-order valence-electron chi connectivity index (χ1n) is 7.85. The summed E-state index contributed by atoms with van der Waals surface area (Å²) in [4.78, 5) is 35.2. The molecule has 0 bridgehead atoms. The van der Waals surface area contributed by atoms with Crippen molar-refractivity contribution < 1.29 is 24.2 Å². The first kappa shape index (κ1) is 19.1. The number of aryl methyl sites for hydroxylation is 1. The van der Waals surface area contributed by atoms with Gasteiger partial charge < -0.3 is 20.5 Å². The second-order valence-electron chi connectivity index (χ2n) is 5.25. The Hall–Kier alpha value is -3.21. The lowest BCUT2D eigenvalue weighted by Gasteiger charge is -2.06. The molecule has 26 heavy (non-hydrogen) atoms. The fourth-order valence-corrected chi connectivity index (χ4v) is 2.09. The number of aromatic nitrogens is 4. The van der Waals surface area contributed by atoms with E-state index in [9.17, 15) is 14.4 Å². The fraction of sp³-hybridized carbons (Fsp3) is 0.400. The highest BCUT2D eigenvalue weighted by Crippen LogP contribution is 2.14. The maximum Gasteiger partial charge on any atom is 0.356 e. The molecule has 0 radical (unpaired) electrons. The van der Waals surface area contributed by atoms with Gasteiger partial charge in [-0.1, -0.05) is 0 Å². The molecule has 0 fully saturated rings. The highest BCUT2D eigenvalue weighted by molar-refractivity contribution is 6.02. The van der Waals surface area contributed by atoms with E-state index < -0.39 is 17.8 Å². The molecule has 2 aromatic rings. The number of aromatic carboxylic acids is 1. The number of methoxy groups -OCH3 is 1. The predicted octanol–water partition coefficient (Wildman–Crippen LogP) is -0.187. The molecule has 0 aliphatic heterocycles. The molecule has 0 aromatic carbocycles. The van der Waals surface area contributed by atoms with Crippen LogP contribution in [0.4, 0.5) is 5.69 Å². The lowest BCUT2D eigenvalue weighted by Crippen LogP contribution is -2.29. The van der Waals surface area contributed by atoms with Crippen LogP contribution in [0.25, 0.3) is 0 Å². The molecule has 11 nitrogen and oxygen atoms in total. The van der Waals surface area contributed by atoms with Gasteiger partial charge >= 0.3 is 5.97 Å². The Bertz CT molecular complexity index is 796. The number of ether oxygens (including phenoxy) is 1. The number of hydrogen-bond donors (Lipinski definition) is 3. The topological polar surface area (TPSA) is 140 Å². The molecule has 2 heterocycles. The van der Waals surface area contributed by atoms with Crippen LogP contribution in [-0.4, -0.2) is 62.7 Å². The zero-order chi connectivity index (χ0) is 19.1. The van der Waals surface area contributed by atoms with Crippen LogP contribution in [0, 0.1) is 0 Å². The summed E-state index contributed by atoms with van der Waals surface area (Å²) >= 11 is 0. The van der Waals surface area contributed by atoms with E-state index in [0.29, 0.717) is 19.7 Å². The second kappa shape index (κ2) is 8.76. The van der Waals surface area contributed by atoms with Gasteiger partial charge in [0.25, 0.3) is 5.91 Å². The summed E-state index contributed by atoms with van der Waals surface area (Å²) in [6, 6.07) is 1.29. The van der Waals surface area contributed by atoms with Crippen LogP contribution in [0.2, 0.25) is 0 Å². The summed E-state index contributed by atoms with van der Waals surface area (Å²) in [5, 5.41) is 22.0. The van der Waals surface area contributed by atoms with Crippen LogP contribution in [-0.2, 0) is 22.6 Å². The minimum absolute atomic E-state index is 0.0861. The van der Waals surface area contributed by atoms with Gasteiger partial charge in [-0.2, -0.15) is 10.2 Å². The Balaban J connectivity index is 2.06. The van der Waals surface area contributed by atoms with E-state index in [1.54, 1.807) is 6.20 Å². The zero-order valence-corrected chi connectivity index (χ0v) is 14.4. The molecule has 140 valence electrons. The summed E-state index contributed by atoms with van der Waals surface area (Å²) in [7, 11) is 1.52. The van der Waals surface area contributed by atoms with Gasteiger partial charge in [-0.25, -0.2) is 4.79 Å². The van der Waals surface area contributed by atoms with E-state index in [-0.39, 0.29) is 23.6 Å².